The molecule has 2 N–H and O–H groups in total. The van der Waals surface area contributed by atoms with Crippen molar-refractivity contribution in [2.75, 3.05) is 34.9 Å². The van der Waals surface area contributed by atoms with Crippen LogP contribution in [-0.2, 0) is 44.5 Å². The highest BCUT2D eigenvalue weighted by Gasteiger charge is 2.43. The van der Waals surface area contributed by atoms with Gasteiger partial charge in [-0.3, -0.25) is 14.4 Å². The first-order valence-corrected chi connectivity index (χ1v) is 19.2. The van der Waals surface area contributed by atoms with Crippen LogP contribution in [0.2, 0.25) is 0 Å². The van der Waals surface area contributed by atoms with Crippen molar-refractivity contribution >= 4 is 52.4 Å². The van der Waals surface area contributed by atoms with Crippen LogP contribution >= 0.6 is 22.6 Å². The Morgan fingerprint density at radius 2 is 1.63 bits per heavy atom. The highest BCUT2D eigenvalue weighted by Crippen LogP contribution is 2.30. The summed E-state index contributed by atoms with van der Waals surface area (Å²) in [6.45, 7) is 13.4. The molecule has 2 rings (SSSR count). The summed E-state index contributed by atoms with van der Waals surface area (Å²) in [6.07, 6.45) is 0.313. The first kappa shape index (κ1) is 45.2. The average Bonchev–Trinajstić information content (AvgIpc) is 3.58. The van der Waals surface area contributed by atoms with E-state index in [1.807, 2.05) is 80.6 Å². The maximum Gasteiger partial charge on any atom is 0.409 e. The van der Waals surface area contributed by atoms with Crippen molar-refractivity contribution in [1.29, 1.82) is 0 Å². The Hall–Kier alpha value is -2.98. The van der Waals surface area contributed by atoms with Gasteiger partial charge in [-0.25, -0.2) is 9.59 Å². The number of halogens is 1. The van der Waals surface area contributed by atoms with Gasteiger partial charge in [0.25, 0.3) is 0 Å². The molecule has 1 aromatic rings. The lowest BCUT2D eigenvalue weighted by Gasteiger charge is -2.40. The minimum absolute atomic E-state index is 0.0109. The Kier molecular flexibility index (Phi) is 18.3. The Morgan fingerprint density at radius 3 is 2.15 bits per heavy atom. The molecule has 1 aliphatic heterocycles. The molecule has 13 nitrogen and oxygen atoms in total. The molecule has 294 valence electrons. The van der Waals surface area contributed by atoms with Crippen LogP contribution in [0.4, 0.5) is 4.79 Å². The highest BCUT2D eigenvalue weighted by atomic mass is 127. The number of esters is 1. The van der Waals surface area contributed by atoms with Gasteiger partial charge in [0.15, 0.2) is 3.61 Å². The number of amides is 4. The second-order valence-electron chi connectivity index (χ2n) is 14.5. The second-order valence-corrected chi connectivity index (χ2v) is 17.1. The van der Waals surface area contributed by atoms with Gasteiger partial charge in [0.2, 0.25) is 17.7 Å². The van der Waals surface area contributed by atoms with E-state index >= 15 is 0 Å². The van der Waals surface area contributed by atoms with Crippen molar-refractivity contribution in [2.24, 2.45) is 17.8 Å². The van der Waals surface area contributed by atoms with Gasteiger partial charge in [-0.05, 0) is 66.7 Å². The van der Waals surface area contributed by atoms with E-state index in [0.717, 1.165) is 12.0 Å². The molecule has 1 aromatic carbocycles. The lowest BCUT2D eigenvalue weighted by molar-refractivity contribution is -0.148. The monoisotopic (exact) mass is 844 g/mol. The topological polar surface area (TPSA) is 153 Å². The van der Waals surface area contributed by atoms with E-state index in [1.165, 1.54) is 21.3 Å². The van der Waals surface area contributed by atoms with Gasteiger partial charge in [-0.1, -0.05) is 71.4 Å². The molecule has 0 radical (unpaired) electrons. The van der Waals surface area contributed by atoms with Crippen LogP contribution in [0.3, 0.4) is 0 Å². The number of hydrogen-bond acceptors (Lipinski definition) is 9. The fraction of sp³-hybridized carbons (Fsp3) is 0.711. The molecule has 0 bridgehead atoms. The Labute approximate surface area is 323 Å². The van der Waals surface area contributed by atoms with E-state index in [0.29, 0.717) is 19.4 Å². The van der Waals surface area contributed by atoms with Crippen LogP contribution < -0.4 is 10.6 Å². The third-order valence-electron chi connectivity index (χ3n) is 9.88. The predicted molar refractivity (Wildman–Crippen MR) is 207 cm³/mol. The number of methoxy groups -OCH3 is 3. The zero-order valence-electron chi connectivity index (χ0n) is 32.8. The van der Waals surface area contributed by atoms with Crippen molar-refractivity contribution < 1.29 is 42.9 Å². The van der Waals surface area contributed by atoms with Crippen LogP contribution in [0.5, 0.6) is 0 Å². The zero-order valence-corrected chi connectivity index (χ0v) is 34.9. The van der Waals surface area contributed by atoms with E-state index in [-0.39, 0.29) is 42.4 Å². The number of likely N-dealkylation sites (N-methyl/N-ethyl adjacent to an activating group) is 1. The summed E-state index contributed by atoms with van der Waals surface area (Å²) in [5.74, 6) is -2.43. The van der Waals surface area contributed by atoms with E-state index in [1.54, 1.807) is 37.6 Å². The third-order valence-corrected chi connectivity index (χ3v) is 10.1. The van der Waals surface area contributed by atoms with Crippen LogP contribution in [0.25, 0.3) is 0 Å². The van der Waals surface area contributed by atoms with E-state index in [9.17, 15) is 24.0 Å². The number of alkyl carbamates (subject to hydrolysis) is 1. The second kappa shape index (κ2) is 21.0. The van der Waals surface area contributed by atoms with Crippen molar-refractivity contribution in [2.45, 2.75) is 121 Å². The van der Waals surface area contributed by atoms with Gasteiger partial charge in [0.05, 0.1) is 43.7 Å². The fourth-order valence-electron chi connectivity index (χ4n) is 6.90. The molecule has 8 atom stereocenters. The zero-order chi connectivity index (χ0) is 39.3. The summed E-state index contributed by atoms with van der Waals surface area (Å²) in [4.78, 5) is 70.4. The van der Waals surface area contributed by atoms with Crippen molar-refractivity contribution in [1.82, 2.24) is 20.4 Å². The SMILES string of the molecule is CC[C@H](C)[C@@H]([C@@H](CC(=O)N1CCC[C@H]1C(OC)C(C)C(=O)N[C@@H](Cc1ccccc1)C(=O)OC)OC)N(C)C(=O)[C@@H](NC(=O)OC(C)(C)I)C(C)C. The van der Waals surface area contributed by atoms with E-state index in [2.05, 4.69) is 10.6 Å². The molecule has 0 saturated carbocycles. The molecule has 1 fully saturated rings. The molecule has 1 heterocycles. The molecular weight excluding hydrogens is 783 g/mol. The smallest absolute Gasteiger partial charge is 0.409 e. The van der Waals surface area contributed by atoms with Crippen LogP contribution in [0.15, 0.2) is 30.3 Å². The van der Waals surface area contributed by atoms with Gasteiger partial charge in [0.1, 0.15) is 12.1 Å². The number of carbonyl (C=O) groups excluding carboxylic acids is 5. The van der Waals surface area contributed by atoms with Gasteiger partial charge >= 0.3 is 12.1 Å². The van der Waals surface area contributed by atoms with Gasteiger partial charge in [-0.15, -0.1) is 0 Å². The minimum atomic E-state index is -0.893. The number of likely N-dealkylation sites (tertiary alicyclic amines) is 1. The van der Waals surface area contributed by atoms with Crippen molar-refractivity contribution in [3.63, 3.8) is 0 Å². The fourth-order valence-corrected chi connectivity index (χ4v) is 7.10. The molecule has 2 unspecified atom stereocenters. The number of ether oxygens (including phenoxy) is 4. The molecule has 4 amide bonds. The number of alkyl halides is 1. The molecule has 52 heavy (non-hydrogen) atoms. The van der Waals surface area contributed by atoms with Crippen LogP contribution in [0, 0.1) is 17.8 Å². The Balaban J connectivity index is 2.26. The summed E-state index contributed by atoms with van der Waals surface area (Å²) in [6, 6.07) is 6.71. The van der Waals surface area contributed by atoms with Gasteiger partial charge in [-0.2, -0.15) is 0 Å². The Morgan fingerprint density at radius 1 is 1.00 bits per heavy atom. The molecule has 0 aromatic heterocycles. The minimum Gasteiger partial charge on any atom is -0.467 e. The largest absolute Gasteiger partial charge is 0.467 e. The van der Waals surface area contributed by atoms with E-state index < -0.39 is 58.0 Å². The first-order valence-electron chi connectivity index (χ1n) is 18.1. The van der Waals surface area contributed by atoms with Crippen molar-refractivity contribution in [3.8, 4) is 0 Å². The lowest BCUT2D eigenvalue weighted by Crippen LogP contribution is -2.58. The maximum atomic E-state index is 14.1. The predicted octanol–water partition coefficient (Wildman–Crippen LogP) is 4.73. The lowest BCUT2D eigenvalue weighted by atomic mass is 9.89. The number of carbonyl (C=O) groups is 5. The molecule has 14 heteroatoms. The van der Waals surface area contributed by atoms with Crippen molar-refractivity contribution in [3.05, 3.63) is 35.9 Å². The molecule has 1 saturated heterocycles. The molecular formula is C38H61IN4O9. The number of hydrogen-bond donors (Lipinski definition) is 2. The number of nitrogens with zero attached hydrogens (tertiary/aromatic N) is 2. The molecule has 0 spiro atoms. The normalized spacial score (nSPS) is 18.7. The molecule has 1 aliphatic rings. The summed E-state index contributed by atoms with van der Waals surface area (Å²) >= 11 is 2.00. The quantitative estimate of drug-likeness (QED) is 0.114. The van der Waals surface area contributed by atoms with Gasteiger partial charge in [0, 0.05) is 34.2 Å². The standard InChI is InChI=1S/C38H61IN4O9/c1-12-24(4)32(42(8)35(46)31(23(2)3)41-37(48)52-38(6,7)39)29(49-9)22-30(44)43-20-16-19-28(43)33(50-10)25(5)34(45)40-27(36(47)51-11)21-26-17-14-13-15-18-26/h13-15,17-18,23-25,27-29,31-33H,12,16,19-22H2,1-11H3,(H,40,45)(H,41,48)/t24-,25?,27-,28-,29+,31-,32-,33?/m0/s1. The van der Waals surface area contributed by atoms with Crippen LogP contribution in [-0.4, -0.2) is 114 Å². The van der Waals surface area contributed by atoms with Gasteiger partial charge < -0.3 is 39.4 Å². The summed E-state index contributed by atoms with van der Waals surface area (Å²) in [5.41, 5.74) is 0.871. The van der Waals surface area contributed by atoms with E-state index in [4.69, 9.17) is 18.9 Å². The summed E-state index contributed by atoms with van der Waals surface area (Å²) in [7, 11) is 6.01. The number of nitrogens with one attached hydrogen (secondary N) is 2. The molecule has 0 aliphatic carbocycles. The maximum absolute atomic E-state index is 14.1. The first-order chi connectivity index (χ1) is 24.4. The average molecular weight is 845 g/mol. The number of benzene rings is 1. The Bertz CT molecular complexity index is 1330. The third kappa shape index (κ3) is 12.9. The highest BCUT2D eigenvalue weighted by molar-refractivity contribution is 14.1. The van der Waals surface area contributed by atoms with Crippen LogP contribution in [0.1, 0.15) is 79.7 Å². The summed E-state index contributed by atoms with van der Waals surface area (Å²) < 4.78 is 21.5. The summed E-state index contributed by atoms with van der Waals surface area (Å²) in [5, 5.41) is 5.59. The number of rotatable bonds is 19.